The first-order chi connectivity index (χ1) is 15.0. The molecule has 0 saturated heterocycles. The van der Waals surface area contributed by atoms with Gasteiger partial charge in [0.1, 0.15) is 5.82 Å². The van der Waals surface area contributed by atoms with Gasteiger partial charge in [-0.2, -0.15) is 10.2 Å². The Balaban J connectivity index is 1.41. The van der Waals surface area contributed by atoms with Gasteiger partial charge in [-0.1, -0.05) is 11.6 Å². The van der Waals surface area contributed by atoms with Crippen LogP contribution in [-0.4, -0.2) is 34.6 Å². The zero-order chi connectivity index (χ0) is 21.5. The van der Waals surface area contributed by atoms with Gasteiger partial charge in [0, 0.05) is 30.8 Å². The molecule has 4 heterocycles. The molecule has 5 rings (SSSR count). The number of aryl methyl sites for hydroxylation is 3. The van der Waals surface area contributed by atoms with Gasteiger partial charge in [0.2, 0.25) is 5.89 Å². The van der Waals surface area contributed by atoms with Crippen molar-refractivity contribution in [1.29, 1.82) is 0 Å². The van der Waals surface area contributed by atoms with E-state index in [2.05, 4.69) is 25.4 Å². The topological polar surface area (TPSA) is 86.9 Å². The first-order valence-corrected chi connectivity index (χ1v) is 10.0. The molecule has 0 saturated carbocycles. The Bertz CT molecular complexity index is 1390. The van der Waals surface area contributed by atoms with Gasteiger partial charge in [0.25, 0.3) is 5.89 Å². The summed E-state index contributed by atoms with van der Waals surface area (Å²) in [6, 6.07) is 9.79. The zero-order valence-corrected chi connectivity index (χ0v) is 17.5. The van der Waals surface area contributed by atoms with Crippen molar-refractivity contribution in [2.24, 2.45) is 0 Å². The molecule has 0 radical (unpaired) electrons. The molecule has 0 unspecified atom stereocenters. The Labute approximate surface area is 181 Å². The number of aromatic nitrogens is 7. The standard InChI is InChI=1S/C21H17ClFN7O/c1-12-20(22)13(2)29(27-12)10-8-19-25-26-21(31-19)16-11-18-24-9-7-17(30(18)28-16)14-3-5-15(23)6-4-14/h3-7,9,11H,8,10H2,1-2H3. The summed E-state index contributed by atoms with van der Waals surface area (Å²) in [5.74, 6) is 0.482. The monoisotopic (exact) mass is 437 g/mol. The molecular formula is C21H17ClFN7O. The van der Waals surface area contributed by atoms with Crippen molar-refractivity contribution in [2.45, 2.75) is 26.8 Å². The SMILES string of the molecule is Cc1nn(CCc2nnc(-c3cc4nccc(-c5ccc(F)cc5)n4n3)o2)c(C)c1Cl. The molecule has 0 aliphatic heterocycles. The lowest BCUT2D eigenvalue weighted by Crippen LogP contribution is -2.05. The maximum atomic E-state index is 13.3. The van der Waals surface area contributed by atoms with Gasteiger partial charge in [0.15, 0.2) is 11.3 Å². The maximum Gasteiger partial charge on any atom is 0.268 e. The highest BCUT2D eigenvalue weighted by Crippen LogP contribution is 2.24. The molecule has 1 aromatic carbocycles. The molecule has 0 bridgehead atoms. The highest BCUT2D eigenvalue weighted by molar-refractivity contribution is 6.31. The summed E-state index contributed by atoms with van der Waals surface area (Å²) in [5.41, 5.74) is 4.41. The van der Waals surface area contributed by atoms with Gasteiger partial charge in [-0.25, -0.2) is 13.9 Å². The van der Waals surface area contributed by atoms with Crippen LogP contribution in [0.4, 0.5) is 4.39 Å². The Kier molecular flexibility index (Phi) is 4.74. The van der Waals surface area contributed by atoms with E-state index < -0.39 is 0 Å². The lowest BCUT2D eigenvalue weighted by atomic mass is 10.1. The minimum atomic E-state index is -0.295. The van der Waals surface area contributed by atoms with E-state index in [1.807, 2.05) is 24.6 Å². The largest absolute Gasteiger partial charge is 0.419 e. The Morgan fingerprint density at radius 3 is 2.61 bits per heavy atom. The van der Waals surface area contributed by atoms with Crippen molar-refractivity contribution in [1.82, 2.24) is 34.6 Å². The molecule has 10 heteroatoms. The Morgan fingerprint density at radius 1 is 1.06 bits per heavy atom. The smallest absolute Gasteiger partial charge is 0.268 e. The fourth-order valence-electron chi connectivity index (χ4n) is 3.39. The molecule has 0 spiro atoms. The minimum absolute atomic E-state index is 0.295. The third-order valence-corrected chi connectivity index (χ3v) is 5.56. The third kappa shape index (κ3) is 3.57. The number of hydrogen-bond acceptors (Lipinski definition) is 6. The number of benzene rings is 1. The zero-order valence-electron chi connectivity index (χ0n) is 16.8. The van der Waals surface area contributed by atoms with E-state index in [1.54, 1.807) is 28.9 Å². The average molecular weight is 438 g/mol. The van der Waals surface area contributed by atoms with Gasteiger partial charge in [0.05, 0.1) is 22.1 Å². The lowest BCUT2D eigenvalue weighted by molar-refractivity contribution is 0.470. The van der Waals surface area contributed by atoms with Crippen LogP contribution in [0.5, 0.6) is 0 Å². The van der Waals surface area contributed by atoms with Gasteiger partial charge in [-0.3, -0.25) is 4.68 Å². The molecule has 0 aliphatic rings. The van der Waals surface area contributed by atoms with Crippen LogP contribution in [0.2, 0.25) is 5.02 Å². The van der Waals surface area contributed by atoms with Crippen molar-refractivity contribution in [2.75, 3.05) is 0 Å². The summed E-state index contributed by atoms with van der Waals surface area (Å²) in [4.78, 5) is 4.35. The quantitative estimate of drug-likeness (QED) is 0.407. The summed E-state index contributed by atoms with van der Waals surface area (Å²) < 4.78 is 22.6. The van der Waals surface area contributed by atoms with Gasteiger partial charge >= 0.3 is 0 Å². The molecule has 4 aromatic heterocycles. The molecule has 0 amide bonds. The first-order valence-electron chi connectivity index (χ1n) is 9.62. The fraction of sp³-hybridized carbons (Fsp3) is 0.190. The summed E-state index contributed by atoms with van der Waals surface area (Å²) in [7, 11) is 0. The van der Waals surface area contributed by atoms with E-state index in [0.29, 0.717) is 41.1 Å². The van der Waals surface area contributed by atoms with E-state index in [0.717, 1.165) is 22.6 Å². The van der Waals surface area contributed by atoms with Crippen LogP contribution in [0.3, 0.4) is 0 Å². The summed E-state index contributed by atoms with van der Waals surface area (Å²) >= 11 is 6.20. The van der Waals surface area contributed by atoms with E-state index in [9.17, 15) is 4.39 Å². The third-order valence-electron chi connectivity index (χ3n) is 5.01. The van der Waals surface area contributed by atoms with Gasteiger partial charge in [-0.05, 0) is 44.2 Å². The Morgan fingerprint density at radius 2 is 1.87 bits per heavy atom. The Hall–Kier alpha value is -3.59. The molecule has 8 nitrogen and oxygen atoms in total. The second-order valence-electron chi connectivity index (χ2n) is 7.10. The maximum absolute atomic E-state index is 13.3. The van der Waals surface area contributed by atoms with Crippen LogP contribution in [0.25, 0.3) is 28.5 Å². The molecule has 0 fully saturated rings. The normalized spacial score (nSPS) is 11.5. The van der Waals surface area contributed by atoms with Crippen molar-refractivity contribution in [3.8, 4) is 22.8 Å². The van der Waals surface area contributed by atoms with Crippen molar-refractivity contribution in [3.63, 3.8) is 0 Å². The van der Waals surface area contributed by atoms with Crippen molar-refractivity contribution < 1.29 is 8.81 Å². The number of hydrogen-bond donors (Lipinski definition) is 0. The number of nitrogens with zero attached hydrogens (tertiary/aromatic N) is 7. The van der Waals surface area contributed by atoms with Crippen LogP contribution < -0.4 is 0 Å². The number of rotatable bonds is 5. The summed E-state index contributed by atoms with van der Waals surface area (Å²) in [6.45, 7) is 4.36. The lowest BCUT2D eigenvalue weighted by Gasteiger charge is -2.03. The van der Waals surface area contributed by atoms with Gasteiger partial charge < -0.3 is 4.42 Å². The number of halogens is 2. The molecule has 0 atom stereocenters. The highest BCUT2D eigenvalue weighted by atomic mass is 35.5. The second kappa shape index (κ2) is 7.59. The van der Waals surface area contributed by atoms with Crippen LogP contribution >= 0.6 is 11.6 Å². The van der Waals surface area contributed by atoms with E-state index in [1.165, 1.54) is 12.1 Å². The average Bonchev–Trinajstić information content (AvgIpc) is 3.47. The summed E-state index contributed by atoms with van der Waals surface area (Å²) in [6.07, 6.45) is 2.19. The minimum Gasteiger partial charge on any atom is -0.419 e. The van der Waals surface area contributed by atoms with E-state index in [-0.39, 0.29) is 5.82 Å². The van der Waals surface area contributed by atoms with E-state index in [4.69, 9.17) is 16.0 Å². The molecular weight excluding hydrogens is 421 g/mol. The predicted molar refractivity (Wildman–Crippen MR) is 112 cm³/mol. The van der Waals surface area contributed by atoms with Crippen LogP contribution in [0.15, 0.2) is 47.0 Å². The van der Waals surface area contributed by atoms with Crippen molar-refractivity contribution >= 4 is 17.2 Å². The highest BCUT2D eigenvalue weighted by Gasteiger charge is 2.16. The number of fused-ring (bicyclic) bond motifs is 1. The van der Waals surface area contributed by atoms with Crippen LogP contribution in [0, 0.1) is 19.7 Å². The molecule has 156 valence electrons. The molecule has 0 N–H and O–H groups in total. The predicted octanol–water partition coefficient (Wildman–Crippen LogP) is 4.29. The molecule has 31 heavy (non-hydrogen) atoms. The molecule has 5 aromatic rings. The fourth-order valence-corrected chi connectivity index (χ4v) is 3.53. The van der Waals surface area contributed by atoms with Crippen molar-refractivity contribution in [3.05, 3.63) is 70.7 Å². The summed E-state index contributed by atoms with van der Waals surface area (Å²) in [5, 5.41) is 17.9. The van der Waals surface area contributed by atoms with Crippen LogP contribution in [-0.2, 0) is 13.0 Å². The van der Waals surface area contributed by atoms with Gasteiger partial charge in [-0.15, -0.1) is 10.2 Å². The van der Waals surface area contributed by atoms with E-state index >= 15 is 0 Å². The molecule has 0 aliphatic carbocycles. The van der Waals surface area contributed by atoms with Crippen LogP contribution in [0.1, 0.15) is 17.3 Å². The first kappa shape index (κ1) is 19.4. The second-order valence-corrected chi connectivity index (χ2v) is 7.47.